The van der Waals surface area contributed by atoms with Gasteiger partial charge in [-0.1, -0.05) is 115 Å². The summed E-state index contributed by atoms with van der Waals surface area (Å²) >= 11 is 0. The molecule has 3 heterocycles. The Morgan fingerprint density at radius 2 is 0.884 bits per heavy atom. The smallest absolute Gasteiger partial charge is 0.0703 e. The van der Waals surface area contributed by atoms with E-state index >= 15 is 0 Å². The third kappa shape index (κ3) is 4.58. The lowest BCUT2D eigenvalue weighted by Crippen LogP contribution is -1.95. The number of aromatic nitrogens is 3. The molecule has 0 fully saturated rings. The molecule has 3 heteroatoms. The quantitative estimate of drug-likeness (QED) is 0.214. The Balaban J connectivity index is 1.22. The molecule has 0 bridgehead atoms. The van der Waals surface area contributed by atoms with Crippen LogP contribution in [-0.4, -0.2) is 14.5 Å². The molecule has 43 heavy (non-hydrogen) atoms. The summed E-state index contributed by atoms with van der Waals surface area (Å²) in [4.78, 5) is 9.69. The summed E-state index contributed by atoms with van der Waals surface area (Å²) in [5.41, 5.74) is 12.1. The number of hydrogen-bond acceptors (Lipinski definition) is 2. The molecule has 0 N–H and O–H groups in total. The fraction of sp³-hybridized carbons (Fsp3) is 0. The van der Waals surface area contributed by atoms with Crippen molar-refractivity contribution in [2.45, 2.75) is 0 Å². The second kappa shape index (κ2) is 10.6. The van der Waals surface area contributed by atoms with Crippen LogP contribution in [-0.2, 0) is 0 Å². The molecule has 8 rings (SSSR count). The second-order valence-corrected chi connectivity index (χ2v) is 10.7. The maximum Gasteiger partial charge on any atom is 0.0703 e. The van der Waals surface area contributed by atoms with Gasteiger partial charge in [0.25, 0.3) is 0 Å². The van der Waals surface area contributed by atoms with Crippen molar-refractivity contribution in [2.24, 2.45) is 0 Å². The van der Waals surface area contributed by atoms with Crippen molar-refractivity contribution >= 4 is 21.8 Å². The highest BCUT2D eigenvalue weighted by Gasteiger charge is 2.14. The van der Waals surface area contributed by atoms with Crippen LogP contribution >= 0.6 is 0 Å². The Labute approximate surface area is 250 Å². The molecule has 0 amide bonds. The average molecular weight is 550 g/mol. The van der Waals surface area contributed by atoms with Gasteiger partial charge in [-0.05, 0) is 47.5 Å². The number of pyridine rings is 2. The Morgan fingerprint density at radius 1 is 0.349 bits per heavy atom. The van der Waals surface area contributed by atoms with Gasteiger partial charge >= 0.3 is 0 Å². The van der Waals surface area contributed by atoms with E-state index in [4.69, 9.17) is 9.97 Å². The third-order valence-corrected chi connectivity index (χ3v) is 8.11. The minimum Gasteiger partial charge on any atom is -0.309 e. The minimum absolute atomic E-state index is 0.950. The molecular formula is C40H27N3. The van der Waals surface area contributed by atoms with Crippen LogP contribution in [0, 0.1) is 0 Å². The summed E-state index contributed by atoms with van der Waals surface area (Å²) in [7, 11) is 0. The van der Waals surface area contributed by atoms with Crippen LogP contribution in [0.15, 0.2) is 164 Å². The number of rotatable bonds is 5. The second-order valence-electron chi connectivity index (χ2n) is 10.7. The Bertz CT molecular complexity index is 2200. The van der Waals surface area contributed by atoms with Crippen LogP contribution in [0.4, 0.5) is 0 Å². The number of fused-ring (bicyclic) bond motifs is 3. The summed E-state index contributed by atoms with van der Waals surface area (Å²) in [6, 6.07) is 53.2. The van der Waals surface area contributed by atoms with Crippen molar-refractivity contribution in [1.82, 2.24) is 14.5 Å². The molecule has 0 aliphatic heterocycles. The number of para-hydroxylation sites is 1. The van der Waals surface area contributed by atoms with Crippen LogP contribution in [0.25, 0.3) is 72.3 Å². The molecule has 0 radical (unpaired) electrons. The number of nitrogens with zero attached hydrogens (tertiary/aromatic N) is 3. The summed E-state index contributed by atoms with van der Waals surface area (Å²) in [5, 5.41) is 2.45. The van der Waals surface area contributed by atoms with E-state index in [9.17, 15) is 0 Å². The summed E-state index contributed by atoms with van der Waals surface area (Å²) in [6.45, 7) is 0. The van der Waals surface area contributed by atoms with Gasteiger partial charge in [-0.2, -0.15) is 0 Å². The van der Waals surface area contributed by atoms with Gasteiger partial charge in [-0.25, -0.2) is 0 Å². The first-order valence-electron chi connectivity index (χ1n) is 14.5. The third-order valence-electron chi connectivity index (χ3n) is 8.11. The predicted molar refractivity (Wildman–Crippen MR) is 178 cm³/mol. The van der Waals surface area contributed by atoms with Crippen molar-refractivity contribution in [1.29, 1.82) is 0 Å². The highest BCUT2D eigenvalue weighted by Crippen LogP contribution is 2.35. The lowest BCUT2D eigenvalue weighted by Gasteiger charge is -2.11. The maximum atomic E-state index is 4.85. The molecule has 0 aliphatic rings. The van der Waals surface area contributed by atoms with Crippen LogP contribution in [0.2, 0.25) is 0 Å². The Kier molecular flexibility index (Phi) is 6.12. The summed E-state index contributed by atoms with van der Waals surface area (Å²) in [6.07, 6.45) is 3.92. The Morgan fingerprint density at radius 3 is 1.51 bits per heavy atom. The van der Waals surface area contributed by atoms with Gasteiger partial charge in [0.15, 0.2) is 0 Å². The molecular weight excluding hydrogens is 522 g/mol. The van der Waals surface area contributed by atoms with Gasteiger partial charge in [0, 0.05) is 51.1 Å². The van der Waals surface area contributed by atoms with Crippen LogP contribution in [0.1, 0.15) is 0 Å². The van der Waals surface area contributed by atoms with E-state index < -0.39 is 0 Å². The minimum atomic E-state index is 0.950. The van der Waals surface area contributed by atoms with Gasteiger partial charge in [-0.15, -0.1) is 0 Å². The largest absolute Gasteiger partial charge is 0.309 e. The first-order valence-corrected chi connectivity index (χ1v) is 14.5. The summed E-state index contributed by atoms with van der Waals surface area (Å²) in [5.74, 6) is 0. The molecule has 8 aromatic rings. The molecule has 3 nitrogen and oxygen atoms in total. The lowest BCUT2D eigenvalue weighted by atomic mass is 10.0. The molecule has 202 valence electrons. The van der Waals surface area contributed by atoms with Crippen molar-refractivity contribution in [2.75, 3.05) is 0 Å². The van der Waals surface area contributed by atoms with E-state index in [-0.39, 0.29) is 0 Å². The molecule has 0 spiro atoms. The average Bonchev–Trinajstić information content (AvgIpc) is 3.43. The van der Waals surface area contributed by atoms with Crippen LogP contribution in [0.5, 0.6) is 0 Å². The van der Waals surface area contributed by atoms with Gasteiger partial charge < -0.3 is 4.57 Å². The topological polar surface area (TPSA) is 30.7 Å². The van der Waals surface area contributed by atoms with Crippen molar-refractivity contribution in [3.8, 4) is 50.5 Å². The van der Waals surface area contributed by atoms with E-state index in [2.05, 4.69) is 144 Å². The van der Waals surface area contributed by atoms with Gasteiger partial charge in [0.05, 0.1) is 22.4 Å². The summed E-state index contributed by atoms with van der Waals surface area (Å²) < 4.78 is 2.36. The highest BCUT2D eigenvalue weighted by molar-refractivity contribution is 6.10. The zero-order chi connectivity index (χ0) is 28.6. The molecule has 3 aromatic heterocycles. The normalized spacial score (nSPS) is 11.3. The molecule has 5 aromatic carbocycles. The molecule has 0 aliphatic carbocycles. The zero-order valence-corrected chi connectivity index (χ0v) is 23.4. The van der Waals surface area contributed by atoms with E-state index in [1.54, 1.807) is 0 Å². The maximum absolute atomic E-state index is 4.85. The van der Waals surface area contributed by atoms with E-state index in [1.165, 1.54) is 27.4 Å². The van der Waals surface area contributed by atoms with Crippen LogP contribution in [0.3, 0.4) is 0 Å². The van der Waals surface area contributed by atoms with Gasteiger partial charge in [-0.3, -0.25) is 9.97 Å². The molecule has 0 unspecified atom stereocenters. The standard InChI is InChI=1S/C40H27N3/c1-3-10-28(11-4-1)32-19-22-37(41-26-32)30-14-9-15-34(24-30)43-39-17-8-7-16-35(39)36-21-18-31(25-40(36)43)38-23-20-33(27-42-38)29-12-5-2-6-13-29/h1-27H. The van der Waals surface area contributed by atoms with Gasteiger partial charge in [0.2, 0.25) is 0 Å². The van der Waals surface area contributed by atoms with E-state index in [0.29, 0.717) is 0 Å². The first-order chi connectivity index (χ1) is 21.3. The highest BCUT2D eigenvalue weighted by atomic mass is 15.0. The lowest BCUT2D eigenvalue weighted by molar-refractivity contribution is 1.18. The van der Waals surface area contributed by atoms with Gasteiger partial charge in [0.1, 0.15) is 0 Å². The Hall–Kier alpha value is -5.80. The molecule has 0 atom stereocenters. The van der Waals surface area contributed by atoms with Crippen molar-refractivity contribution in [3.63, 3.8) is 0 Å². The molecule has 0 saturated heterocycles. The fourth-order valence-corrected chi connectivity index (χ4v) is 5.94. The van der Waals surface area contributed by atoms with E-state index in [0.717, 1.165) is 44.8 Å². The first kappa shape index (κ1) is 25.0. The van der Waals surface area contributed by atoms with Crippen molar-refractivity contribution in [3.05, 3.63) is 164 Å². The predicted octanol–water partition coefficient (Wildman–Crippen LogP) is 10.2. The molecule has 0 saturated carbocycles. The number of benzene rings is 5. The van der Waals surface area contributed by atoms with E-state index in [1.807, 2.05) is 24.5 Å². The monoisotopic (exact) mass is 549 g/mol. The SMILES string of the molecule is c1ccc(-c2ccc(-c3cccc(-n4c5ccccc5c5ccc(-c6ccc(-c7ccccc7)cn6)cc54)c3)nc2)cc1. The zero-order valence-electron chi connectivity index (χ0n) is 23.4. The van der Waals surface area contributed by atoms with Crippen molar-refractivity contribution < 1.29 is 0 Å². The number of hydrogen-bond donors (Lipinski definition) is 0. The fourth-order valence-electron chi connectivity index (χ4n) is 5.94. The van der Waals surface area contributed by atoms with Crippen LogP contribution < -0.4 is 0 Å².